The van der Waals surface area contributed by atoms with E-state index in [1.165, 1.54) is 13.2 Å². The summed E-state index contributed by atoms with van der Waals surface area (Å²) in [5.41, 5.74) is -11.2. The summed E-state index contributed by atoms with van der Waals surface area (Å²) in [7, 11) is 1.27. The number of esters is 6. The minimum atomic E-state index is -2.33. The second kappa shape index (κ2) is 11.0. The van der Waals surface area contributed by atoms with Crippen molar-refractivity contribution in [3.8, 4) is 0 Å². The summed E-state index contributed by atoms with van der Waals surface area (Å²) >= 11 is 0. The number of ether oxygens (including phenoxy) is 9. The zero-order valence-electron chi connectivity index (χ0n) is 31.9. The van der Waals surface area contributed by atoms with Crippen molar-refractivity contribution < 1.29 is 76.5 Å². The number of hydrogen-bond donors (Lipinski definition) is 1. The van der Waals surface area contributed by atoms with Crippen molar-refractivity contribution >= 4 is 35.8 Å². The van der Waals surface area contributed by atoms with Gasteiger partial charge in [0.25, 0.3) is 12.3 Å². The van der Waals surface area contributed by atoms with E-state index in [1.54, 1.807) is 27.7 Å². The van der Waals surface area contributed by atoms with Gasteiger partial charge in [-0.15, -0.1) is 0 Å². The van der Waals surface area contributed by atoms with Gasteiger partial charge >= 0.3 is 35.8 Å². The van der Waals surface area contributed by atoms with Gasteiger partial charge in [-0.05, 0) is 25.2 Å². The first-order chi connectivity index (χ1) is 25.1. The quantitative estimate of drug-likeness (QED) is 0.278. The maximum absolute atomic E-state index is 14.0. The van der Waals surface area contributed by atoms with E-state index in [9.17, 15) is 33.9 Å². The Labute approximate surface area is 311 Å². The lowest BCUT2D eigenvalue weighted by atomic mass is 9.33. The van der Waals surface area contributed by atoms with Crippen LogP contribution in [0.5, 0.6) is 0 Å². The fourth-order valence-corrected chi connectivity index (χ4v) is 12.9. The minimum absolute atomic E-state index is 0.0555. The summed E-state index contributed by atoms with van der Waals surface area (Å²) in [5.74, 6) is -8.48. The van der Waals surface area contributed by atoms with Gasteiger partial charge in [-0.3, -0.25) is 24.0 Å². The van der Waals surface area contributed by atoms with Crippen molar-refractivity contribution in [3.63, 3.8) is 0 Å². The molecule has 4 aliphatic carbocycles. The average molecular weight is 761 g/mol. The van der Waals surface area contributed by atoms with E-state index in [4.69, 9.17) is 42.6 Å². The molecule has 1 N–H and O–H groups in total. The standard InChI is InChI=1S/C38H48O16/c1-10-22(40)49-30-37(45)29(51-27(43)17(2)3)32(6)16-36(37)33(7,20(32)14-23(41)46-9)35-12-11-31(5)21(38(30,35)54-34(8,52-35)53-36)15-24(42)48-26(31)19-13-25(47-18(4)39)50-28(19)44/h13,17,20-21,25-26,29-30,45H,10-12,14-16H2,1-9H3/t20-,21-,25-,26-,29-,30+,31+,32+,33+,34+,35-,36+,37+,38+/m0/s1. The molecule has 14 atom stereocenters. The lowest BCUT2D eigenvalue weighted by molar-refractivity contribution is -0.478. The molecule has 4 saturated carbocycles. The number of fused-ring (bicyclic) bond motifs is 3. The molecule has 296 valence electrons. The highest BCUT2D eigenvalue weighted by molar-refractivity contribution is 5.93. The number of methoxy groups -OCH3 is 1. The predicted molar refractivity (Wildman–Crippen MR) is 176 cm³/mol. The number of cyclic esters (lactones) is 2. The molecule has 8 rings (SSSR count). The van der Waals surface area contributed by atoms with Gasteiger partial charge in [-0.1, -0.05) is 41.5 Å². The molecular formula is C38H48O16. The fourth-order valence-electron chi connectivity index (χ4n) is 12.9. The maximum atomic E-state index is 14.0. The first-order valence-corrected chi connectivity index (χ1v) is 18.7. The molecular weight excluding hydrogens is 712 g/mol. The van der Waals surface area contributed by atoms with Crippen molar-refractivity contribution in [2.75, 3.05) is 7.11 Å². The Morgan fingerprint density at radius 3 is 2.22 bits per heavy atom. The summed E-state index contributed by atoms with van der Waals surface area (Å²) in [4.78, 5) is 79.9. The second-order valence-corrected chi connectivity index (χ2v) is 17.5. The van der Waals surface area contributed by atoms with E-state index in [1.807, 2.05) is 20.8 Å². The van der Waals surface area contributed by atoms with Crippen LogP contribution in [-0.4, -0.2) is 101 Å². The molecule has 0 aromatic carbocycles. The van der Waals surface area contributed by atoms with Crippen LogP contribution in [0.25, 0.3) is 0 Å². The van der Waals surface area contributed by atoms with Crippen molar-refractivity contribution in [1.29, 1.82) is 0 Å². The van der Waals surface area contributed by atoms with Crippen LogP contribution in [0.3, 0.4) is 0 Å². The van der Waals surface area contributed by atoms with Gasteiger partial charge in [0.1, 0.15) is 29.0 Å². The minimum Gasteiger partial charge on any atom is -0.469 e. The maximum Gasteiger partial charge on any atom is 0.341 e. The molecule has 0 aromatic rings. The van der Waals surface area contributed by atoms with Crippen molar-refractivity contribution in [3.05, 3.63) is 11.6 Å². The van der Waals surface area contributed by atoms with Gasteiger partial charge in [0.2, 0.25) is 0 Å². The Bertz CT molecular complexity index is 1810. The van der Waals surface area contributed by atoms with Crippen molar-refractivity contribution in [2.24, 2.45) is 34.0 Å². The van der Waals surface area contributed by atoms with Crippen LogP contribution >= 0.6 is 0 Å². The highest BCUT2D eigenvalue weighted by Crippen LogP contribution is 2.89. The molecule has 2 spiro atoms. The molecule has 4 bridgehead atoms. The summed E-state index contributed by atoms with van der Waals surface area (Å²) in [6.45, 7) is 13.1. The molecule has 0 unspecified atom stereocenters. The highest BCUT2D eigenvalue weighted by Gasteiger charge is 3.04. The van der Waals surface area contributed by atoms with Crippen molar-refractivity contribution in [2.45, 2.75) is 147 Å². The smallest absolute Gasteiger partial charge is 0.341 e. The van der Waals surface area contributed by atoms with Crippen molar-refractivity contribution in [1.82, 2.24) is 0 Å². The van der Waals surface area contributed by atoms with E-state index in [0.717, 1.165) is 6.92 Å². The summed E-state index contributed by atoms with van der Waals surface area (Å²) in [6.07, 6.45) is -4.59. The Morgan fingerprint density at radius 2 is 1.59 bits per heavy atom. The number of aliphatic hydroxyl groups is 1. The molecule has 16 heteroatoms. The molecule has 0 amide bonds. The fraction of sp³-hybridized carbons (Fsp3) is 0.789. The predicted octanol–water partition coefficient (Wildman–Crippen LogP) is 2.30. The van der Waals surface area contributed by atoms with Crippen LogP contribution < -0.4 is 0 Å². The summed E-state index contributed by atoms with van der Waals surface area (Å²) in [5, 5.41) is 13.9. The summed E-state index contributed by atoms with van der Waals surface area (Å²) < 4.78 is 55.6. The van der Waals surface area contributed by atoms with Crippen LogP contribution in [0, 0.1) is 34.0 Å². The zero-order valence-corrected chi connectivity index (χ0v) is 31.9. The van der Waals surface area contributed by atoms with E-state index in [-0.39, 0.29) is 44.1 Å². The molecule has 16 nitrogen and oxygen atoms in total. The van der Waals surface area contributed by atoms with Crippen LogP contribution in [0.1, 0.15) is 93.9 Å². The third-order valence-electron chi connectivity index (χ3n) is 14.7. The number of carbonyl (C=O) groups is 6. The number of rotatable bonds is 8. The summed E-state index contributed by atoms with van der Waals surface area (Å²) in [6, 6.07) is 0. The third-order valence-corrected chi connectivity index (χ3v) is 14.7. The Hall–Kier alpha value is -3.60. The average Bonchev–Trinajstić information content (AvgIpc) is 3.68. The number of carbonyl (C=O) groups excluding carboxylic acids is 6. The van der Waals surface area contributed by atoms with Crippen LogP contribution in [-0.2, 0) is 71.4 Å². The highest BCUT2D eigenvalue weighted by atomic mass is 16.9. The molecule has 3 saturated heterocycles. The second-order valence-electron chi connectivity index (χ2n) is 17.5. The lowest BCUT2D eigenvalue weighted by Gasteiger charge is -2.77. The van der Waals surface area contributed by atoms with Gasteiger partial charge in [-0.25, -0.2) is 4.79 Å². The van der Waals surface area contributed by atoms with E-state index >= 15 is 0 Å². The normalized spacial score (nSPS) is 50.1. The molecule has 7 fully saturated rings. The van der Waals surface area contributed by atoms with E-state index < -0.39 is 123 Å². The topological polar surface area (TPSA) is 206 Å². The van der Waals surface area contributed by atoms with Gasteiger partial charge in [0, 0.05) is 54.9 Å². The largest absolute Gasteiger partial charge is 0.469 e. The molecule has 4 heterocycles. The molecule has 4 aliphatic heterocycles. The van der Waals surface area contributed by atoms with Crippen LogP contribution in [0.4, 0.5) is 0 Å². The Morgan fingerprint density at radius 1 is 0.907 bits per heavy atom. The van der Waals surface area contributed by atoms with E-state index in [0.29, 0.717) is 0 Å². The monoisotopic (exact) mass is 760 g/mol. The van der Waals surface area contributed by atoms with Gasteiger partial charge in [0.05, 0.1) is 25.0 Å². The Balaban J connectivity index is 1.41. The SMILES string of the molecule is CCC(=O)O[C@@H]1[C@]2(O)[C@@H](OC(=O)C(C)C)[C@]3(C)C[C@]24O[C@]2(C)O[C@]15[C@H]1CC(=O)O[C@@H](C6=C[C@@H](OC(C)=O)OC6=O)[C@]1(C)CC[C@]5(O2)[C@@]4(C)[C@H]3CC(=O)OC. The first kappa shape index (κ1) is 37.3. The zero-order chi connectivity index (χ0) is 39.4. The molecule has 8 aliphatic rings. The van der Waals surface area contributed by atoms with Crippen LogP contribution in [0.15, 0.2) is 11.6 Å². The molecule has 0 aromatic heterocycles. The van der Waals surface area contributed by atoms with Gasteiger partial charge < -0.3 is 47.7 Å². The van der Waals surface area contributed by atoms with Gasteiger partial charge in [0.15, 0.2) is 11.7 Å². The third kappa shape index (κ3) is 3.97. The van der Waals surface area contributed by atoms with E-state index in [2.05, 4.69) is 0 Å². The Kier molecular flexibility index (Phi) is 7.63. The van der Waals surface area contributed by atoms with Gasteiger partial charge in [-0.2, -0.15) is 0 Å². The lowest BCUT2D eigenvalue weighted by Crippen LogP contribution is -2.93. The molecule has 54 heavy (non-hydrogen) atoms. The number of hydrogen-bond acceptors (Lipinski definition) is 16. The first-order valence-electron chi connectivity index (χ1n) is 18.7. The van der Waals surface area contributed by atoms with Crippen LogP contribution in [0.2, 0.25) is 0 Å². The molecule has 0 radical (unpaired) electrons.